The highest BCUT2D eigenvalue weighted by Gasteiger charge is 2.35. The molecule has 2 nitrogen and oxygen atoms in total. The minimum absolute atomic E-state index is 0.254. The second-order valence-electron chi connectivity index (χ2n) is 6.43. The molecular weight excluding hydrogens is 220 g/mol. The third-order valence-electron chi connectivity index (χ3n) is 4.07. The highest BCUT2D eigenvalue weighted by Crippen LogP contribution is 2.42. The number of hydrogen-bond acceptors (Lipinski definition) is 2. The van der Waals surface area contributed by atoms with Crippen molar-refractivity contribution in [2.45, 2.75) is 38.6 Å². The maximum absolute atomic E-state index is 2.59. The van der Waals surface area contributed by atoms with E-state index in [1.807, 2.05) is 0 Å². The van der Waals surface area contributed by atoms with E-state index in [0.717, 1.165) is 13.1 Å². The Kier molecular flexibility index (Phi) is 3.67. The fourth-order valence-electron chi connectivity index (χ4n) is 3.17. The zero-order chi connectivity index (χ0) is 13.3. The van der Waals surface area contributed by atoms with Crippen molar-refractivity contribution < 1.29 is 0 Å². The molecule has 1 aromatic rings. The summed E-state index contributed by atoms with van der Waals surface area (Å²) < 4.78 is 0. The topological polar surface area (TPSA) is 6.48 Å². The fourth-order valence-corrected chi connectivity index (χ4v) is 3.17. The largest absolute Gasteiger partial charge is 0.365 e. The molecular formula is C16H26N2. The quantitative estimate of drug-likeness (QED) is 0.807. The maximum Gasteiger partial charge on any atom is 0.0406 e. The fraction of sp³-hybridized carbons (Fsp3) is 0.625. The van der Waals surface area contributed by atoms with E-state index >= 15 is 0 Å². The van der Waals surface area contributed by atoms with Gasteiger partial charge in [0.25, 0.3) is 0 Å². The number of fused-ring (bicyclic) bond motifs is 1. The lowest BCUT2D eigenvalue weighted by Crippen LogP contribution is -2.50. The van der Waals surface area contributed by atoms with Gasteiger partial charge in [0.2, 0.25) is 0 Å². The van der Waals surface area contributed by atoms with Gasteiger partial charge in [-0.1, -0.05) is 25.1 Å². The molecule has 0 saturated carbocycles. The van der Waals surface area contributed by atoms with E-state index in [-0.39, 0.29) is 5.54 Å². The highest BCUT2D eigenvalue weighted by molar-refractivity contribution is 5.59. The van der Waals surface area contributed by atoms with E-state index < -0.39 is 0 Å². The molecule has 0 amide bonds. The average molecular weight is 246 g/mol. The Balaban J connectivity index is 2.32. The zero-order valence-electron chi connectivity index (χ0n) is 12.4. The van der Waals surface area contributed by atoms with Crippen LogP contribution in [-0.4, -0.2) is 37.6 Å². The Morgan fingerprint density at radius 2 is 1.94 bits per heavy atom. The molecule has 0 spiro atoms. The summed E-state index contributed by atoms with van der Waals surface area (Å²) in [5.41, 5.74) is 3.20. The first kappa shape index (κ1) is 13.4. The lowest BCUT2D eigenvalue weighted by atomic mass is 9.80. The summed E-state index contributed by atoms with van der Waals surface area (Å²) in [6.07, 6.45) is 1.23. The predicted octanol–water partition coefficient (Wildman–Crippen LogP) is 3.34. The lowest BCUT2D eigenvalue weighted by molar-refractivity contribution is 0.343. The van der Waals surface area contributed by atoms with Gasteiger partial charge in [-0.15, -0.1) is 0 Å². The smallest absolute Gasteiger partial charge is 0.0406 e. The van der Waals surface area contributed by atoms with E-state index in [2.05, 4.69) is 68.9 Å². The van der Waals surface area contributed by atoms with E-state index in [0.29, 0.717) is 5.92 Å². The summed E-state index contributed by atoms with van der Waals surface area (Å²) in [6, 6.07) is 8.90. The minimum Gasteiger partial charge on any atom is -0.365 e. The van der Waals surface area contributed by atoms with Crippen molar-refractivity contribution in [2.24, 2.45) is 0 Å². The van der Waals surface area contributed by atoms with Crippen LogP contribution in [0, 0.1) is 0 Å². The van der Waals surface area contributed by atoms with Gasteiger partial charge in [-0.3, -0.25) is 0 Å². The highest BCUT2D eigenvalue weighted by atomic mass is 15.2. The van der Waals surface area contributed by atoms with Crippen molar-refractivity contribution in [1.82, 2.24) is 4.90 Å². The van der Waals surface area contributed by atoms with Crippen LogP contribution in [0.4, 0.5) is 5.69 Å². The second kappa shape index (κ2) is 4.93. The summed E-state index contributed by atoms with van der Waals surface area (Å²) >= 11 is 0. The van der Waals surface area contributed by atoms with Crippen LogP contribution < -0.4 is 4.90 Å². The molecule has 2 heteroatoms. The van der Waals surface area contributed by atoms with Gasteiger partial charge in [-0.2, -0.15) is 0 Å². The number of likely N-dealkylation sites (N-methyl/N-ethyl adjacent to an activating group) is 1. The van der Waals surface area contributed by atoms with Crippen LogP contribution in [0.5, 0.6) is 0 Å². The van der Waals surface area contributed by atoms with Crippen LogP contribution >= 0.6 is 0 Å². The maximum atomic E-state index is 2.59. The summed E-state index contributed by atoms with van der Waals surface area (Å²) in [5, 5.41) is 0. The molecule has 0 bridgehead atoms. The predicted molar refractivity (Wildman–Crippen MR) is 79.5 cm³/mol. The Bertz CT molecular complexity index is 409. The Morgan fingerprint density at radius 1 is 1.28 bits per heavy atom. The zero-order valence-corrected chi connectivity index (χ0v) is 12.4. The summed E-state index contributed by atoms with van der Waals surface area (Å²) in [4.78, 5) is 4.85. The standard InChI is InChI=1S/C16H26N2/c1-13-12-16(2,3)18(11-10-17(4)5)15-9-7-6-8-14(13)15/h6-9,13H,10-12H2,1-5H3. The van der Waals surface area contributed by atoms with Gasteiger partial charge in [0.05, 0.1) is 0 Å². The van der Waals surface area contributed by atoms with Gasteiger partial charge in [-0.05, 0) is 51.9 Å². The van der Waals surface area contributed by atoms with Crippen molar-refractivity contribution in [3.63, 3.8) is 0 Å². The van der Waals surface area contributed by atoms with Crippen molar-refractivity contribution in [1.29, 1.82) is 0 Å². The molecule has 100 valence electrons. The third-order valence-corrected chi connectivity index (χ3v) is 4.07. The molecule has 0 radical (unpaired) electrons. The molecule has 0 aliphatic carbocycles. The lowest BCUT2D eigenvalue weighted by Gasteiger charge is -2.48. The average Bonchev–Trinajstić information content (AvgIpc) is 2.27. The number of nitrogens with zero attached hydrogens (tertiary/aromatic N) is 2. The Labute approximate surface area is 112 Å². The van der Waals surface area contributed by atoms with E-state index in [9.17, 15) is 0 Å². The van der Waals surface area contributed by atoms with Crippen molar-refractivity contribution in [3.8, 4) is 0 Å². The van der Waals surface area contributed by atoms with Crippen LogP contribution in [0.15, 0.2) is 24.3 Å². The van der Waals surface area contributed by atoms with E-state index in [4.69, 9.17) is 0 Å². The summed E-state index contributed by atoms with van der Waals surface area (Å²) in [7, 11) is 4.29. The molecule has 1 unspecified atom stereocenters. The number of rotatable bonds is 3. The molecule has 0 N–H and O–H groups in total. The van der Waals surface area contributed by atoms with Gasteiger partial charge < -0.3 is 9.80 Å². The monoisotopic (exact) mass is 246 g/mol. The molecule has 1 atom stereocenters. The van der Waals surface area contributed by atoms with Gasteiger partial charge >= 0.3 is 0 Å². The number of para-hydroxylation sites is 1. The molecule has 0 saturated heterocycles. The first-order valence-electron chi connectivity index (χ1n) is 6.93. The van der Waals surface area contributed by atoms with Gasteiger partial charge in [-0.25, -0.2) is 0 Å². The molecule has 1 aliphatic rings. The van der Waals surface area contributed by atoms with Gasteiger partial charge in [0.15, 0.2) is 0 Å². The van der Waals surface area contributed by atoms with Gasteiger partial charge in [0, 0.05) is 24.3 Å². The van der Waals surface area contributed by atoms with Crippen LogP contribution in [-0.2, 0) is 0 Å². The normalized spacial score (nSPS) is 22.1. The minimum atomic E-state index is 0.254. The van der Waals surface area contributed by atoms with Crippen LogP contribution in [0.2, 0.25) is 0 Å². The molecule has 0 fully saturated rings. The van der Waals surface area contributed by atoms with Crippen molar-refractivity contribution in [3.05, 3.63) is 29.8 Å². The number of benzene rings is 1. The molecule has 1 aromatic carbocycles. The number of hydrogen-bond donors (Lipinski definition) is 0. The van der Waals surface area contributed by atoms with E-state index in [1.165, 1.54) is 17.7 Å². The van der Waals surface area contributed by atoms with Crippen molar-refractivity contribution >= 4 is 5.69 Å². The third kappa shape index (κ3) is 2.54. The summed E-state index contributed by atoms with van der Waals surface area (Å²) in [6.45, 7) is 9.30. The molecule has 2 rings (SSSR count). The second-order valence-corrected chi connectivity index (χ2v) is 6.43. The molecule has 1 aliphatic heterocycles. The molecule has 0 aromatic heterocycles. The van der Waals surface area contributed by atoms with Crippen LogP contribution in [0.25, 0.3) is 0 Å². The van der Waals surface area contributed by atoms with Crippen LogP contribution in [0.1, 0.15) is 38.7 Å². The SMILES string of the molecule is CC1CC(C)(C)N(CCN(C)C)c2ccccc21. The summed E-state index contributed by atoms with van der Waals surface area (Å²) in [5.74, 6) is 0.659. The van der Waals surface area contributed by atoms with Crippen LogP contribution in [0.3, 0.4) is 0 Å². The first-order valence-corrected chi connectivity index (χ1v) is 6.93. The number of anilines is 1. The van der Waals surface area contributed by atoms with Gasteiger partial charge in [0.1, 0.15) is 0 Å². The molecule has 1 heterocycles. The van der Waals surface area contributed by atoms with E-state index in [1.54, 1.807) is 0 Å². The molecule has 18 heavy (non-hydrogen) atoms. The Hall–Kier alpha value is -1.02. The van der Waals surface area contributed by atoms with Crippen molar-refractivity contribution in [2.75, 3.05) is 32.1 Å². The first-order chi connectivity index (χ1) is 8.42. The Morgan fingerprint density at radius 3 is 2.61 bits per heavy atom.